The van der Waals surface area contributed by atoms with Gasteiger partial charge in [0.05, 0.1) is 18.5 Å². The molecule has 3 amide bonds. The van der Waals surface area contributed by atoms with Crippen LogP contribution in [0.1, 0.15) is 22.7 Å². The summed E-state index contributed by atoms with van der Waals surface area (Å²) in [4.78, 5) is 46.7. The van der Waals surface area contributed by atoms with E-state index in [1.165, 1.54) is 22.1 Å². The average molecular weight is 522 g/mol. The Bertz CT molecular complexity index is 1290. The first-order valence-electron chi connectivity index (χ1n) is 12.0. The summed E-state index contributed by atoms with van der Waals surface area (Å²) in [6.45, 7) is 0.342. The van der Waals surface area contributed by atoms with E-state index in [4.69, 9.17) is 16.4 Å². The van der Waals surface area contributed by atoms with Gasteiger partial charge < -0.3 is 5.32 Å². The summed E-state index contributed by atoms with van der Waals surface area (Å²) in [7, 11) is 0. The van der Waals surface area contributed by atoms with Crippen LogP contribution in [0.25, 0.3) is 0 Å². The van der Waals surface area contributed by atoms with E-state index in [2.05, 4.69) is 5.32 Å². The van der Waals surface area contributed by atoms with Crippen LogP contribution >= 0.6 is 11.6 Å². The van der Waals surface area contributed by atoms with Crippen LogP contribution in [0.3, 0.4) is 0 Å². The Morgan fingerprint density at radius 1 is 0.919 bits per heavy atom. The number of benzene rings is 3. The molecule has 2 aliphatic heterocycles. The van der Waals surface area contributed by atoms with Crippen LogP contribution in [0.5, 0.6) is 0 Å². The van der Waals surface area contributed by atoms with Crippen molar-refractivity contribution in [2.24, 2.45) is 5.92 Å². The molecular weight excluding hydrogens is 497 g/mol. The highest BCUT2D eigenvalue weighted by atomic mass is 35.5. The Hall–Kier alpha value is -3.59. The highest BCUT2D eigenvalue weighted by Gasteiger charge is 2.59. The van der Waals surface area contributed by atoms with Gasteiger partial charge in [0.25, 0.3) is 5.91 Å². The van der Waals surface area contributed by atoms with Crippen molar-refractivity contribution in [2.45, 2.75) is 25.1 Å². The Morgan fingerprint density at radius 2 is 1.62 bits per heavy atom. The van der Waals surface area contributed by atoms with Gasteiger partial charge >= 0.3 is 0 Å². The first-order valence-corrected chi connectivity index (χ1v) is 12.4. The molecule has 9 heteroatoms. The number of imide groups is 1. The molecule has 3 unspecified atom stereocenters. The van der Waals surface area contributed by atoms with Crippen LogP contribution in [0.2, 0.25) is 5.02 Å². The molecule has 0 aliphatic carbocycles. The third kappa shape index (κ3) is 5.41. The third-order valence-corrected chi connectivity index (χ3v) is 6.88. The van der Waals surface area contributed by atoms with E-state index in [-0.39, 0.29) is 30.7 Å². The molecule has 190 valence electrons. The van der Waals surface area contributed by atoms with E-state index in [1.54, 1.807) is 36.4 Å². The van der Waals surface area contributed by atoms with E-state index in [9.17, 15) is 18.8 Å². The van der Waals surface area contributed by atoms with E-state index in [0.717, 1.165) is 16.7 Å². The maximum atomic E-state index is 13.5. The highest BCUT2D eigenvalue weighted by Crippen LogP contribution is 2.44. The minimum atomic E-state index is -1.01. The Morgan fingerprint density at radius 3 is 2.32 bits per heavy atom. The molecule has 7 nitrogen and oxygen atoms in total. The molecule has 3 atom stereocenters. The number of amides is 3. The number of rotatable bonds is 8. The van der Waals surface area contributed by atoms with Gasteiger partial charge in [-0.3, -0.25) is 24.1 Å². The lowest BCUT2D eigenvalue weighted by Gasteiger charge is -2.27. The topological polar surface area (TPSA) is 79.0 Å². The van der Waals surface area contributed by atoms with Crippen LogP contribution < -0.4 is 5.32 Å². The zero-order valence-electron chi connectivity index (χ0n) is 19.8. The summed E-state index contributed by atoms with van der Waals surface area (Å²) < 4.78 is 13.1. The van der Waals surface area contributed by atoms with Crippen LogP contribution in [0.4, 0.5) is 4.39 Å². The molecule has 0 saturated carbocycles. The van der Waals surface area contributed by atoms with Crippen LogP contribution in [-0.4, -0.2) is 46.9 Å². The Balaban J connectivity index is 1.30. The molecule has 3 aromatic carbocycles. The lowest BCUT2D eigenvalue weighted by Crippen LogP contribution is -2.41. The fourth-order valence-electron chi connectivity index (χ4n) is 4.81. The van der Waals surface area contributed by atoms with E-state index < -0.39 is 24.0 Å². The number of carbonyl (C=O) groups excluding carboxylic acids is 3. The van der Waals surface area contributed by atoms with E-state index in [1.807, 2.05) is 30.3 Å². The Labute approximate surface area is 218 Å². The molecule has 0 radical (unpaired) electrons. The molecule has 0 spiro atoms. The molecule has 2 fully saturated rings. The number of nitrogens with one attached hydrogen (secondary N) is 1. The summed E-state index contributed by atoms with van der Waals surface area (Å²) in [5.41, 5.74) is 2.45. The molecule has 5 rings (SSSR count). The van der Waals surface area contributed by atoms with Gasteiger partial charge in [0.2, 0.25) is 11.8 Å². The molecule has 2 aliphatic rings. The van der Waals surface area contributed by atoms with Gasteiger partial charge in [-0.15, -0.1) is 0 Å². The van der Waals surface area contributed by atoms with Gasteiger partial charge in [0, 0.05) is 11.6 Å². The van der Waals surface area contributed by atoms with Gasteiger partial charge in [-0.05, 0) is 47.4 Å². The second-order valence-electron chi connectivity index (χ2n) is 9.10. The smallest absolute Gasteiger partial charge is 0.261 e. The quantitative estimate of drug-likeness (QED) is 0.458. The Kier molecular flexibility index (Phi) is 7.32. The van der Waals surface area contributed by atoms with Gasteiger partial charge in [-0.25, -0.2) is 4.39 Å². The number of hydrogen-bond donors (Lipinski definition) is 1. The third-order valence-electron chi connectivity index (χ3n) is 6.63. The molecule has 37 heavy (non-hydrogen) atoms. The monoisotopic (exact) mass is 521 g/mol. The van der Waals surface area contributed by atoms with Crippen molar-refractivity contribution in [2.75, 3.05) is 13.1 Å². The van der Waals surface area contributed by atoms with E-state index >= 15 is 0 Å². The summed E-state index contributed by atoms with van der Waals surface area (Å²) in [5.74, 6) is -2.18. The van der Waals surface area contributed by atoms with Crippen molar-refractivity contribution < 1.29 is 23.6 Å². The van der Waals surface area contributed by atoms with Gasteiger partial charge in [-0.2, -0.15) is 5.06 Å². The van der Waals surface area contributed by atoms with Gasteiger partial charge in [0.1, 0.15) is 12.4 Å². The summed E-state index contributed by atoms with van der Waals surface area (Å²) in [6.07, 6.45) is -0.478. The number of fused-ring (bicyclic) bond motifs is 1. The zero-order chi connectivity index (χ0) is 25.9. The van der Waals surface area contributed by atoms with Crippen molar-refractivity contribution in [1.82, 2.24) is 15.3 Å². The average Bonchev–Trinajstić information content (AvgIpc) is 3.37. The zero-order valence-corrected chi connectivity index (χ0v) is 20.6. The second-order valence-corrected chi connectivity index (χ2v) is 9.53. The minimum absolute atomic E-state index is 0.159. The van der Waals surface area contributed by atoms with Crippen molar-refractivity contribution in [3.05, 3.63) is 106 Å². The number of hydrogen-bond acceptors (Lipinski definition) is 5. The number of halogens is 2. The van der Waals surface area contributed by atoms with Gasteiger partial charge in [0.15, 0.2) is 6.10 Å². The standard InChI is InChI=1S/C28H25ClFN3O4/c29-21-10-8-20(9-11-21)25-24-26(28(36)32(27(24)35)16-19-4-2-1-3-5-19)37-33(25)17-23(34)31-15-14-18-6-12-22(30)13-7-18/h1-13,24-26H,14-17H2,(H,31,34). The molecule has 3 aromatic rings. The van der Waals surface area contributed by atoms with E-state index in [0.29, 0.717) is 18.0 Å². The molecule has 0 bridgehead atoms. The van der Waals surface area contributed by atoms with Crippen molar-refractivity contribution in [1.29, 1.82) is 0 Å². The summed E-state index contributed by atoms with van der Waals surface area (Å²) in [6, 6.07) is 21.7. The SMILES string of the molecule is O=C(CN1OC2C(=O)N(Cc3ccccc3)C(=O)C2C1c1ccc(Cl)cc1)NCCc1ccc(F)cc1. The van der Waals surface area contributed by atoms with Crippen molar-refractivity contribution in [3.63, 3.8) is 0 Å². The number of likely N-dealkylation sites (tertiary alicyclic amines) is 1. The van der Waals surface area contributed by atoms with Crippen molar-refractivity contribution in [3.8, 4) is 0 Å². The fourth-order valence-corrected chi connectivity index (χ4v) is 4.94. The number of carbonyl (C=O) groups is 3. The lowest BCUT2D eigenvalue weighted by atomic mass is 9.91. The predicted octanol–water partition coefficient (Wildman–Crippen LogP) is 3.68. The van der Waals surface area contributed by atoms with Crippen LogP contribution in [0.15, 0.2) is 78.9 Å². The highest BCUT2D eigenvalue weighted by molar-refractivity contribution is 6.30. The molecule has 1 N–H and O–H groups in total. The summed E-state index contributed by atoms with van der Waals surface area (Å²) >= 11 is 6.07. The number of hydroxylamine groups is 2. The fraction of sp³-hybridized carbons (Fsp3) is 0.250. The number of nitrogens with zero attached hydrogens (tertiary/aromatic N) is 2. The molecule has 0 aromatic heterocycles. The maximum Gasteiger partial charge on any atom is 0.261 e. The molecule has 2 saturated heterocycles. The summed E-state index contributed by atoms with van der Waals surface area (Å²) in [5, 5.41) is 4.78. The van der Waals surface area contributed by atoms with Crippen LogP contribution in [-0.2, 0) is 32.2 Å². The predicted molar refractivity (Wildman–Crippen MR) is 134 cm³/mol. The first-order chi connectivity index (χ1) is 17.9. The maximum absolute atomic E-state index is 13.5. The lowest BCUT2D eigenvalue weighted by molar-refractivity contribution is -0.182. The normalized spacial score (nSPS) is 21.4. The second kappa shape index (κ2) is 10.8. The van der Waals surface area contributed by atoms with Crippen molar-refractivity contribution >= 4 is 29.3 Å². The minimum Gasteiger partial charge on any atom is -0.355 e. The first kappa shape index (κ1) is 25.1. The van der Waals surface area contributed by atoms with Crippen LogP contribution in [0, 0.1) is 11.7 Å². The largest absolute Gasteiger partial charge is 0.355 e. The molecular formula is C28H25ClFN3O4. The molecule has 2 heterocycles. The van der Waals surface area contributed by atoms with Gasteiger partial charge in [-0.1, -0.05) is 66.2 Å².